The van der Waals surface area contributed by atoms with Crippen molar-refractivity contribution in [3.05, 3.63) is 77.4 Å². The Morgan fingerprint density at radius 1 is 0.821 bits per heavy atom. The highest BCUT2D eigenvalue weighted by molar-refractivity contribution is 5.92. The standard InChI is InChI=1S/C24H26N2O2/c27-23(11-10-19-6-2-1-3-7-19)25-15-13-21(14-16-25)24(28)26-17-12-20-8-4-5-9-22(20)18-26/h1-11,21H,12-18H2/b11-10+. The van der Waals surface area contributed by atoms with Gasteiger partial charge in [-0.3, -0.25) is 9.59 Å². The van der Waals surface area contributed by atoms with Crippen LogP contribution in [-0.4, -0.2) is 41.2 Å². The first-order valence-electron chi connectivity index (χ1n) is 10.1. The van der Waals surface area contributed by atoms with Gasteiger partial charge in [-0.15, -0.1) is 0 Å². The van der Waals surface area contributed by atoms with E-state index in [2.05, 4.69) is 18.2 Å². The minimum Gasteiger partial charge on any atom is -0.339 e. The van der Waals surface area contributed by atoms with E-state index in [-0.39, 0.29) is 17.7 Å². The van der Waals surface area contributed by atoms with Crippen molar-refractivity contribution < 1.29 is 9.59 Å². The lowest BCUT2D eigenvalue weighted by atomic mass is 9.93. The van der Waals surface area contributed by atoms with Gasteiger partial charge in [0, 0.05) is 38.2 Å². The van der Waals surface area contributed by atoms with Gasteiger partial charge in [-0.25, -0.2) is 0 Å². The van der Waals surface area contributed by atoms with Crippen LogP contribution in [0, 0.1) is 5.92 Å². The molecule has 4 rings (SSSR count). The Balaban J connectivity index is 1.30. The van der Waals surface area contributed by atoms with Gasteiger partial charge in [0.05, 0.1) is 0 Å². The molecule has 0 saturated carbocycles. The van der Waals surface area contributed by atoms with Crippen LogP contribution in [0.5, 0.6) is 0 Å². The Kier molecular flexibility index (Phi) is 5.56. The lowest BCUT2D eigenvalue weighted by Crippen LogP contribution is -2.45. The molecule has 0 unspecified atom stereocenters. The second-order valence-electron chi connectivity index (χ2n) is 7.62. The summed E-state index contributed by atoms with van der Waals surface area (Å²) in [5.41, 5.74) is 3.64. The number of rotatable bonds is 3. The lowest BCUT2D eigenvalue weighted by Gasteiger charge is -2.35. The van der Waals surface area contributed by atoms with Gasteiger partial charge in [-0.2, -0.15) is 0 Å². The number of piperidine rings is 1. The van der Waals surface area contributed by atoms with Crippen molar-refractivity contribution >= 4 is 17.9 Å². The minimum atomic E-state index is 0.0293. The molecule has 144 valence electrons. The van der Waals surface area contributed by atoms with Gasteiger partial charge in [-0.1, -0.05) is 54.6 Å². The largest absolute Gasteiger partial charge is 0.339 e. The number of hydrogen-bond donors (Lipinski definition) is 0. The summed E-state index contributed by atoms with van der Waals surface area (Å²) in [6.45, 7) is 2.82. The maximum Gasteiger partial charge on any atom is 0.246 e. The van der Waals surface area contributed by atoms with E-state index < -0.39 is 0 Å². The Labute approximate surface area is 166 Å². The van der Waals surface area contributed by atoms with Crippen LogP contribution in [0.25, 0.3) is 6.08 Å². The van der Waals surface area contributed by atoms with E-state index in [0.29, 0.717) is 19.6 Å². The zero-order chi connectivity index (χ0) is 19.3. The van der Waals surface area contributed by atoms with Crippen LogP contribution in [0.2, 0.25) is 0 Å². The molecule has 28 heavy (non-hydrogen) atoms. The average Bonchev–Trinajstić information content (AvgIpc) is 2.77. The van der Waals surface area contributed by atoms with Crippen molar-refractivity contribution in [2.24, 2.45) is 5.92 Å². The molecule has 2 amide bonds. The van der Waals surface area contributed by atoms with Gasteiger partial charge in [0.15, 0.2) is 0 Å². The van der Waals surface area contributed by atoms with Gasteiger partial charge < -0.3 is 9.80 Å². The molecule has 4 heteroatoms. The predicted molar refractivity (Wildman–Crippen MR) is 110 cm³/mol. The fourth-order valence-corrected chi connectivity index (χ4v) is 4.13. The van der Waals surface area contributed by atoms with Crippen molar-refractivity contribution in [1.82, 2.24) is 9.80 Å². The molecule has 2 aliphatic rings. The maximum atomic E-state index is 13.0. The number of carbonyl (C=O) groups excluding carboxylic acids is 2. The first kappa shape index (κ1) is 18.5. The Bertz CT molecular complexity index is 867. The first-order chi connectivity index (χ1) is 13.7. The molecule has 2 aromatic carbocycles. The summed E-state index contributed by atoms with van der Waals surface area (Å²) in [6.07, 6.45) is 5.93. The molecule has 2 aromatic rings. The van der Waals surface area contributed by atoms with E-state index in [4.69, 9.17) is 0 Å². The molecular weight excluding hydrogens is 348 g/mol. The van der Waals surface area contributed by atoms with Crippen LogP contribution < -0.4 is 0 Å². The first-order valence-corrected chi connectivity index (χ1v) is 10.1. The fourth-order valence-electron chi connectivity index (χ4n) is 4.13. The van der Waals surface area contributed by atoms with Gasteiger partial charge in [-0.05, 0) is 42.0 Å². The Morgan fingerprint density at radius 3 is 2.25 bits per heavy atom. The SMILES string of the molecule is O=C(/C=C/c1ccccc1)N1CCC(C(=O)N2CCc3ccccc3C2)CC1. The molecule has 0 N–H and O–H groups in total. The van der Waals surface area contributed by atoms with E-state index >= 15 is 0 Å². The van der Waals surface area contributed by atoms with Crippen molar-refractivity contribution in [3.63, 3.8) is 0 Å². The number of amides is 2. The molecule has 0 bridgehead atoms. The summed E-state index contributed by atoms with van der Waals surface area (Å²) < 4.78 is 0. The summed E-state index contributed by atoms with van der Waals surface area (Å²) >= 11 is 0. The van der Waals surface area contributed by atoms with E-state index in [1.807, 2.05) is 52.3 Å². The molecular formula is C24H26N2O2. The third-order valence-electron chi connectivity index (χ3n) is 5.82. The summed E-state index contributed by atoms with van der Waals surface area (Å²) in [6, 6.07) is 18.2. The molecule has 1 saturated heterocycles. The number of nitrogens with zero attached hydrogens (tertiary/aromatic N) is 2. The van der Waals surface area contributed by atoms with Crippen molar-refractivity contribution in [2.45, 2.75) is 25.8 Å². The third-order valence-corrected chi connectivity index (χ3v) is 5.82. The van der Waals surface area contributed by atoms with Gasteiger partial charge in [0.1, 0.15) is 0 Å². The number of hydrogen-bond acceptors (Lipinski definition) is 2. The monoisotopic (exact) mass is 374 g/mol. The van der Waals surface area contributed by atoms with Crippen molar-refractivity contribution in [2.75, 3.05) is 19.6 Å². The second kappa shape index (κ2) is 8.42. The van der Waals surface area contributed by atoms with Crippen molar-refractivity contribution in [3.8, 4) is 0 Å². The summed E-state index contributed by atoms with van der Waals surface area (Å²) in [7, 11) is 0. The highest BCUT2D eigenvalue weighted by Gasteiger charge is 2.31. The van der Waals surface area contributed by atoms with Crippen LogP contribution in [0.3, 0.4) is 0 Å². The minimum absolute atomic E-state index is 0.0293. The fraction of sp³-hybridized carbons (Fsp3) is 0.333. The number of fused-ring (bicyclic) bond motifs is 1. The molecule has 2 heterocycles. The van der Waals surface area contributed by atoms with Crippen LogP contribution in [-0.2, 0) is 22.6 Å². The zero-order valence-corrected chi connectivity index (χ0v) is 16.1. The summed E-state index contributed by atoms with van der Waals surface area (Å²) in [4.78, 5) is 29.2. The summed E-state index contributed by atoms with van der Waals surface area (Å²) in [5, 5.41) is 0. The molecule has 1 fully saturated rings. The van der Waals surface area contributed by atoms with E-state index in [1.54, 1.807) is 6.08 Å². The topological polar surface area (TPSA) is 40.6 Å². The quantitative estimate of drug-likeness (QED) is 0.771. The van der Waals surface area contributed by atoms with Gasteiger partial charge in [0.2, 0.25) is 11.8 Å². The molecule has 0 aliphatic carbocycles. The molecule has 0 spiro atoms. The zero-order valence-electron chi connectivity index (χ0n) is 16.1. The Morgan fingerprint density at radius 2 is 1.50 bits per heavy atom. The summed E-state index contributed by atoms with van der Waals surface area (Å²) in [5.74, 6) is 0.315. The smallest absolute Gasteiger partial charge is 0.246 e. The van der Waals surface area contributed by atoms with Crippen molar-refractivity contribution in [1.29, 1.82) is 0 Å². The highest BCUT2D eigenvalue weighted by atomic mass is 16.2. The van der Waals surface area contributed by atoms with Crippen LogP contribution >= 0.6 is 0 Å². The van der Waals surface area contributed by atoms with E-state index in [1.165, 1.54) is 11.1 Å². The molecule has 0 atom stereocenters. The maximum absolute atomic E-state index is 13.0. The van der Waals surface area contributed by atoms with Crippen LogP contribution in [0.1, 0.15) is 29.5 Å². The predicted octanol–water partition coefficient (Wildman–Crippen LogP) is 3.52. The Hall–Kier alpha value is -2.88. The van der Waals surface area contributed by atoms with Crippen LogP contribution in [0.15, 0.2) is 60.7 Å². The number of benzene rings is 2. The second-order valence-corrected chi connectivity index (χ2v) is 7.62. The molecule has 4 nitrogen and oxygen atoms in total. The average molecular weight is 374 g/mol. The normalized spacial score (nSPS) is 17.6. The number of carbonyl (C=O) groups is 2. The van der Waals surface area contributed by atoms with Gasteiger partial charge >= 0.3 is 0 Å². The third kappa shape index (κ3) is 4.16. The lowest BCUT2D eigenvalue weighted by molar-refractivity contribution is -0.140. The molecule has 0 radical (unpaired) electrons. The van der Waals surface area contributed by atoms with Gasteiger partial charge in [0.25, 0.3) is 0 Å². The molecule has 2 aliphatic heterocycles. The van der Waals surface area contributed by atoms with E-state index in [9.17, 15) is 9.59 Å². The van der Waals surface area contributed by atoms with E-state index in [0.717, 1.165) is 31.4 Å². The number of likely N-dealkylation sites (tertiary alicyclic amines) is 1. The highest BCUT2D eigenvalue weighted by Crippen LogP contribution is 2.24. The van der Waals surface area contributed by atoms with Crippen LogP contribution in [0.4, 0.5) is 0 Å². The molecule has 0 aromatic heterocycles.